The van der Waals surface area contributed by atoms with Crippen LogP contribution < -0.4 is 10.6 Å². The summed E-state index contributed by atoms with van der Waals surface area (Å²) in [5, 5.41) is 5.05. The number of rotatable bonds is 3. The van der Waals surface area contributed by atoms with Crippen molar-refractivity contribution < 1.29 is 19.2 Å². The third kappa shape index (κ3) is 3.29. The number of halogens is 2. The number of imidazole rings is 1. The van der Waals surface area contributed by atoms with Crippen molar-refractivity contribution >= 4 is 56.8 Å². The highest BCUT2D eigenvalue weighted by Crippen LogP contribution is 2.29. The van der Waals surface area contributed by atoms with Gasteiger partial charge in [0.05, 0.1) is 0 Å². The van der Waals surface area contributed by atoms with Crippen molar-refractivity contribution in [3.63, 3.8) is 0 Å². The molecule has 1 unspecified atom stereocenters. The van der Waals surface area contributed by atoms with Gasteiger partial charge in [-0.05, 0) is 46.1 Å². The molecule has 0 bridgehead atoms. The fourth-order valence-corrected chi connectivity index (χ4v) is 4.03. The molecule has 2 aliphatic heterocycles. The predicted octanol–water partition coefficient (Wildman–Crippen LogP) is 1.84. The Morgan fingerprint density at radius 3 is 2.79 bits per heavy atom. The maximum Gasteiger partial charge on any atom is 0.277 e. The number of anilines is 1. The van der Waals surface area contributed by atoms with E-state index in [2.05, 4.69) is 36.5 Å². The van der Waals surface area contributed by atoms with Crippen LogP contribution in [-0.4, -0.2) is 44.5 Å². The van der Waals surface area contributed by atoms with E-state index in [1.807, 2.05) is 0 Å². The minimum absolute atomic E-state index is 0.0373. The topological polar surface area (TPSA) is 124 Å². The standard InChI is InChI=1S/C17H13BrClN5O4/c18-17-22-12(13(19)23-17)15(27)20-8-1-2-9-7(5-8)6-24(16(9)28)10-3-4-11(25)21-14(10)26/h1-2,5,10H,3-4,6H2,(H,20,27)(H,22,23)(H,21,25,26). The molecule has 3 N–H and O–H groups in total. The number of amides is 4. The van der Waals surface area contributed by atoms with E-state index in [9.17, 15) is 19.2 Å². The summed E-state index contributed by atoms with van der Waals surface area (Å²) in [5.41, 5.74) is 1.65. The average Bonchev–Trinajstić information content (AvgIpc) is 3.14. The second-order valence-corrected chi connectivity index (χ2v) is 7.55. The maximum atomic E-state index is 12.7. The van der Waals surface area contributed by atoms with Crippen molar-refractivity contribution in [1.29, 1.82) is 0 Å². The van der Waals surface area contributed by atoms with Crippen molar-refractivity contribution in [3.8, 4) is 0 Å². The first-order chi connectivity index (χ1) is 13.3. The highest BCUT2D eigenvalue weighted by atomic mass is 79.9. The van der Waals surface area contributed by atoms with E-state index < -0.39 is 17.9 Å². The van der Waals surface area contributed by atoms with E-state index in [-0.39, 0.29) is 35.6 Å². The van der Waals surface area contributed by atoms with Crippen LogP contribution in [0.3, 0.4) is 0 Å². The molecule has 28 heavy (non-hydrogen) atoms. The van der Waals surface area contributed by atoms with Gasteiger partial charge in [-0.25, -0.2) is 4.98 Å². The Labute approximate surface area is 172 Å². The summed E-state index contributed by atoms with van der Waals surface area (Å²) in [5.74, 6) is -1.58. The largest absolute Gasteiger partial charge is 0.323 e. The SMILES string of the molecule is O=C1CCC(N2Cc3cc(NC(=O)c4nc(Br)[nH]c4Cl)ccc3C2=O)C(=O)N1. The number of nitrogens with zero attached hydrogens (tertiary/aromatic N) is 2. The summed E-state index contributed by atoms with van der Waals surface area (Å²) in [6.07, 6.45) is 0.484. The van der Waals surface area contributed by atoms with Gasteiger partial charge in [0, 0.05) is 24.2 Å². The number of carbonyl (C=O) groups is 4. The summed E-state index contributed by atoms with van der Waals surface area (Å²) < 4.78 is 0.335. The molecule has 0 aliphatic carbocycles. The summed E-state index contributed by atoms with van der Waals surface area (Å²) >= 11 is 9.04. The van der Waals surface area contributed by atoms with E-state index >= 15 is 0 Å². The van der Waals surface area contributed by atoms with Crippen LogP contribution in [0.1, 0.15) is 39.3 Å². The molecule has 11 heteroatoms. The molecule has 1 aromatic carbocycles. The van der Waals surface area contributed by atoms with Crippen LogP contribution in [-0.2, 0) is 16.1 Å². The van der Waals surface area contributed by atoms with E-state index in [4.69, 9.17) is 11.6 Å². The Bertz CT molecular complexity index is 1040. The Hall–Kier alpha value is -2.72. The molecule has 3 heterocycles. The molecule has 1 fully saturated rings. The summed E-state index contributed by atoms with van der Waals surface area (Å²) in [6, 6.07) is 4.18. The highest BCUT2D eigenvalue weighted by Gasteiger charge is 2.39. The highest BCUT2D eigenvalue weighted by molar-refractivity contribution is 9.10. The van der Waals surface area contributed by atoms with Crippen molar-refractivity contribution in [1.82, 2.24) is 20.2 Å². The molecule has 2 aromatic rings. The van der Waals surface area contributed by atoms with Gasteiger partial charge in [0.2, 0.25) is 11.8 Å². The third-order valence-electron chi connectivity index (χ3n) is 4.63. The lowest BCUT2D eigenvalue weighted by molar-refractivity contribution is -0.136. The molecule has 1 atom stereocenters. The number of carbonyl (C=O) groups excluding carboxylic acids is 4. The van der Waals surface area contributed by atoms with E-state index in [0.717, 1.165) is 0 Å². The van der Waals surface area contributed by atoms with Crippen LogP contribution >= 0.6 is 27.5 Å². The van der Waals surface area contributed by atoms with Gasteiger partial charge >= 0.3 is 0 Å². The number of aromatic nitrogens is 2. The fourth-order valence-electron chi connectivity index (χ4n) is 3.32. The Morgan fingerprint density at radius 1 is 1.32 bits per heavy atom. The number of H-pyrrole nitrogens is 1. The third-order valence-corrected chi connectivity index (χ3v) is 5.28. The minimum atomic E-state index is -0.684. The van der Waals surface area contributed by atoms with Gasteiger partial charge in [-0.15, -0.1) is 0 Å². The second-order valence-electron chi connectivity index (χ2n) is 6.42. The number of aromatic amines is 1. The summed E-state index contributed by atoms with van der Waals surface area (Å²) in [7, 11) is 0. The molecule has 144 valence electrons. The Morgan fingerprint density at radius 2 is 2.11 bits per heavy atom. The zero-order valence-electron chi connectivity index (χ0n) is 14.2. The lowest BCUT2D eigenvalue weighted by atomic mass is 10.0. The molecule has 4 amide bonds. The molecular formula is C17H13BrClN5O4. The van der Waals surface area contributed by atoms with Crippen LogP contribution in [0, 0.1) is 0 Å². The molecule has 4 rings (SSSR count). The van der Waals surface area contributed by atoms with Gasteiger partial charge in [0.25, 0.3) is 11.8 Å². The number of piperidine rings is 1. The summed E-state index contributed by atoms with van der Waals surface area (Å²) in [6.45, 7) is 0.221. The van der Waals surface area contributed by atoms with Gasteiger partial charge in [-0.3, -0.25) is 24.5 Å². The lowest BCUT2D eigenvalue weighted by Crippen LogP contribution is -2.52. The van der Waals surface area contributed by atoms with Crippen molar-refractivity contribution in [2.24, 2.45) is 0 Å². The molecule has 0 saturated carbocycles. The number of hydrogen-bond donors (Lipinski definition) is 3. The van der Waals surface area contributed by atoms with Crippen molar-refractivity contribution in [2.75, 3.05) is 5.32 Å². The first kappa shape index (κ1) is 18.6. The first-order valence-corrected chi connectivity index (χ1v) is 9.50. The number of hydrogen-bond acceptors (Lipinski definition) is 5. The van der Waals surface area contributed by atoms with E-state index in [1.165, 1.54) is 4.90 Å². The van der Waals surface area contributed by atoms with Crippen LogP contribution in [0.25, 0.3) is 0 Å². The Balaban J connectivity index is 1.52. The zero-order valence-corrected chi connectivity index (χ0v) is 16.6. The zero-order chi connectivity index (χ0) is 20.0. The number of nitrogens with one attached hydrogen (secondary N) is 3. The molecule has 0 radical (unpaired) electrons. The summed E-state index contributed by atoms with van der Waals surface area (Å²) in [4.78, 5) is 56.5. The minimum Gasteiger partial charge on any atom is -0.323 e. The molecule has 2 aliphatic rings. The average molecular weight is 467 g/mol. The normalized spacial score (nSPS) is 18.9. The second kappa shape index (κ2) is 7.02. The monoisotopic (exact) mass is 465 g/mol. The predicted molar refractivity (Wildman–Crippen MR) is 102 cm³/mol. The van der Waals surface area contributed by atoms with Gasteiger partial charge in [0.1, 0.15) is 11.2 Å². The number of imide groups is 1. The van der Waals surface area contributed by atoms with E-state index in [1.54, 1.807) is 18.2 Å². The molecule has 1 aromatic heterocycles. The van der Waals surface area contributed by atoms with Gasteiger partial charge < -0.3 is 15.2 Å². The van der Waals surface area contributed by atoms with Crippen LogP contribution in [0.15, 0.2) is 22.9 Å². The van der Waals surface area contributed by atoms with Gasteiger partial charge in [0.15, 0.2) is 10.4 Å². The lowest BCUT2D eigenvalue weighted by Gasteiger charge is -2.29. The van der Waals surface area contributed by atoms with Crippen molar-refractivity contribution in [2.45, 2.75) is 25.4 Å². The fraction of sp³-hybridized carbons (Fsp3) is 0.235. The molecule has 9 nitrogen and oxygen atoms in total. The molecule has 0 spiro atoms. The molecule has 1 saturated heterocycles. The Kier molecular flexibility index (Phi) is 4.68. The number of fused-ring (bicyclic) bond motifs is 1. The van der Waals surface area contributed by atoms with E-state index in [0.29, 0.717) is 28.0 Å². The molecular weight excluding hydrogens is 454 g/mol. The van der Waals surface area contributed by atoms with Gasteiger partial charge in [-0.2, -0.15) is 0 Å². The quantitative estimate of drug-likeness (QED) is 0.596. The van der Waals surface area contributed by atoms with Crippen LogP contribution in [0.5, 0.6) is 0 Å². The smallest absolute Gasteiger partial charge is 0.277 e. The first-order valence-electron chi connectivity index (χ1n) is 8.33. The number of benzene rings is 1. The maximum absolute atomic E-state index is 12.7. The van der Waals surface area contributed by atoms with Crippen molar-refractivity contribution in [3.05, 3.63) is 44.9 Å². The van der Waals surface area contributed by atoms with Crippen LogP contribution in [0.4, 0.5) is 5.69 Å². The van der Waals surface area contributed by atoms with Crippen LogP contribution in [0.2, 0.25) is 5.15 Å². The van der Waals surface area contributed by atoms with Gasteiger partial charge in [-0.1, -0.05) is 11.6 Å².